The molecule has 0 rings (SSSR count). The van der Waals surface area contributed by atoms with Gasteiger partial charge in [0.15, 0.2) is 5.92 Å². The van der Waals surface area contributed by atoms with E-state index >= 15 is 0 Å². The fourth-order valence-electron chi connectivity index (χ4n) is 1.98. The molecule has 0 spiro atoms. The Morgan fingerprint density at radius 1 is 1.00 bits per heavy atom. The zero-order valence-corrected chi connectivity index (χ0v) is 13.2. The van der Waals surface area contributed by atoms with Gasteiger partial charge in [0.25, 0.3) is 0 Å². The molecule has 0 N–H and O–H groups in total. The van der Waals surface area contributed by atoms with E-state index in [1.54, 1.807) is 13.8 Å². The highest BCUT2D eigenvalue weighted by molar-refractivity contribution is 5.97. The maximum atomic E-state index is 11.9. The van der Waals surface area contributed by atoms with Crippen LogP contribution < -0.4 is 0 Å². The van der Waals surface area contributed by atoms with Gasteiger partial charge < -0.3 is 14.3 Å². The normalized spacial score (nSPS) is 12.4. The molecule has 0 fully saturated rings. The van der Waals surface area contributed by atoms with Crippen molar-refractivity contribution in [3.63, 3.8) is 0 Å². The Hall–Kier alpha value is -1.65. The summed E-state index contributed by atoms with van der Waals surface area (Å²) in [7, 11) is 0. The number of carbonyl (C=O) groups excluding carboxylic acids is 3. The average molecular weight is 298 g/mol. The van der Waals surface area contributed by atoms with E-state index in [9.17, 15) is 14.4 Å². The van der Waals surface area contributed by atoms with Gasteiger partial charge in [-0.05, 0) is 39.5 Å². The Morgan fingerprint density at radius 2 is 1.57 bits per heavy atom. The van der Waals surface area contributed by atoms with Gasteiger partial charge in [0.2, 0.25) is 0 Å². The Balaban J connectivity index is 4.73. The number of rotatable bonds is 11. The van der Waals surface area contributed by atoms with E-state index in [2.05, 4.69) is 0 Å². The SMILES string of the molecule is CC/C=C\CCCC(C=O)C(C(=O)OCC)C(=O)OCC. The van der Waals surface area contributed by atoms with Crippen molar-refractivity contribution in [3.05, 3.63) is 12.2 Å². The molecule has 0 aliphatic carbocycles. The van der Waals surface area contributed by atoms with Crippen LogP contribution in [-0.2, 0) is 23.9 Å². The van der Waals surface area contributed by atoms with Crippen molar-refractivity contribution in [2.24, 2.45) is 11.8 Å². The summed E-state index contributed by atoms with van der Waals surface area (Å²) in [6, 6.07) is 0. The van der Waals surface area contributed by atoms with Gasteiger partial charge in [-0.25, -0.2) is 0 Å². The van der Waals surface area contributed by atoms with Gasteiger partial charge in [-0.2, -0.15) is 0 Å². The number of hydrogen-bond acceptors (Lipinski definition) is 5. The first-order valence-electron chi connectivity index (χ1n) is 7.55. The third-order valence-electron chi connectivity index (χ3n) is 2.99. The van der Waals surface area contributed by atoms with Crippen molar-refractivity contribution in [3.8, 4) is 0 Å². The van der Waals surface area contributed by atoms with Crippen molar-refractivity contribution < 1.29 is 23.9 Å². The van der Waals surface area contributed by atoms with E-state index in [1.807, 2.05) is 19.1 Å². The van der Waals surface area contributed by atoms with Crippen LogP contribution in [0.3, 0.4) is 0 Å². The van der Waals surface area contributed by atoms with Crippen molar-refractivity contribution in [1.82, 2.24) is 0 Å². The summed E-state index contributed by atoms with van der Waals surface area (Å²) in [5, 5.41) is 0. The first kappa shape index (κ1) is 19.4. The highest BCUT2D eigenvalue weighted by Crippen LogP contribution is 2.20. The third kappa shape index (κ3) is 7.63. The van der Waals surface area contributed by atoms with Crippen LogP contribution in [0.2, 0.25) is 0 Å². The molecule has 5 heteroatoms. The van der Waals surface area contributed by atoms with Gasteiger partial charge in [-0.3, -0.25) is 9.59 Å². The average Bonchev–Trinajstić information content (AvgIpc) is 2.46. The van der Waals surface area contributed by atoms with Gasteiger partial charge in [-0.1, -0.05) is 19.1 Å². The number of carbonyl (C=O) groups is 3. The molecule has 0 saturated heterocycles. The van der Waals surface area contributed by atoms with Gasteiger partial charge in [0.05, 0.1) is 13.2 Å². The van der Waals surface area contributed by atoms with E-state index in [1.165, 1.54) is 0 Å². The molecule has 1 atom stereocenters. The van der Waals surface area contributed by atoms with Crippen LogP contribution in [0, 0.1) is 11.8 Å². The highest BCUT2D eigenvalue weighted by atomic mass is 16.6. The lowest BCUT2D eigenvalue weighted by atomic mass is 9.89. The second-order valence-electron chi connectivity index (χ2n) is 4.59. The largest absolute Gasteiger partial charge is 0.465 e. The fraction of sp³-hybridized carbons (Fsp3) is 0.688. The summed E-state index contributed by atoms with van der Waals surface area (Å²) in [5.41, 5.74) is 0. The zero-order chi connectivity index (χ0) is 16.1. The number of hydrogen-bond donors (Lipinski definition) is 0. The third-order valence-corrected chi connectivity index (χ3v) is 2.99. The molecule has 1 unspecified atom stereocenters. The standard InChI is InChI=1S/C16H26O5/c1-4-7-8-9-10-11-13(12-17)14(15(18)20-5-2)16(19)21-6-3/h7-8,12-14H,4-6,9-11H2,1-3H3/b8-7-. The minimum Gasteiger partial charge on any atom is -0.465 e. The molecular weight excluding hydrogens is 272 g/mol. The van der Waals surface area contributed by atoms with Crippen molar-refractivity contribution in [1.29, 1.82) is 0 Å². The summed E-state index contributed by atoms with van der Waals surface area (Å²) in [6.07, 6.45) is 7.70. The summed E-state index contributed by atoms with van der Waals surface area (Å²) in [6.45, 7) is 5.69. The van der Waals surface area contributed by atoms with Gasteiger partial charge in [0.1, 0.15) is 6.29 Å². The molecule has 0 radical (unpaired) electrons. The summed E-state index contributed by atoms with van der Waals surface area (Å²) >= 11 is 0. The van der Waals surface area contributed by atoms with Crippen LogP contribution >= 0.6 is 0 Å². The highest BCUT2D eigenvalue weighted by Gasteiger charge is 2.36. The second kappa shape index (κ2) is 12.1. The Morgan fingerprint density at radius 3 is 2.00 bits per heavy atom. The summed E-state index contributed by atoms with van der Waals surface area (Å²) in [4.78, 5) is 35.0. The first-order valence-corrected chi connectivity index (χ1v) is 7.55. The smallest absolute Gasteiger partial charge is 0.321 e. The molecule has 0 aromatic heterocycles. The van der Waals surface area contributed by atoms with Crippen LogP contribution in [0.5, 0.6) is 0 Å². The lowest BCUT2D eigenvalue weighted by Crippen LogP contribution is -2.35. The molecule has 5 nitrogen and oxygen atoms in total. The number of unbranched alkanes of at least 4 members (excludes halogenated alkanes) is 1. The molecule has 21 heavy (non-hydrogen) atoms. The molecular formula is C16H26O5. The molecule has 0 aliphatic heterocycles. The van der Waals surface area contributed by atoms with E-state index < -0.39 is 23.8 Å². The zero-order valence-electron chi connectivity index (χ0n) is 13.2. The van der Waals surface area contributed by atoms with E-state index in [4.69, 9.17) is 9.47 Å². The molecule has 120 valence electrons. The fourth-order valence-corrected chi connectivity index (χ4v) is 1.98. The number of allylic oxidation sites excluding steroid dienone is 2. The predicted octanol–water partition coefficient (Wildman–Crippen LogP) is 2.68. The minimum atomic E-state index is -1.16. The molecule has 0 aliphatic rings. The molecule has 0 aromatic rings. The Bertz CT molecular complexity index is 331. The molecule has 0 bridgehead atoms. The van der Waals surface area contributed by atoms with E-state index in [0.29, 0.717) is 12.7 Å². The Kier molecular flexibility index (Phi) is 11.2. The van der Waals surface area contributed by atoms with Crippen LogP contribution in [0.1, 0.15) is 46.5 Å². The van der Waals surface area contributed by atoms with Crippen LogP contribution in [0.4, 0.5) is 0 Å². The lowest BCUT2D eigenvalue weighted by Gasteiger charge is -2.19. The van der Waals surface area contributed by atoms with Crippen molar-refractivity contribution in [2.45, 2.75) is 46.5 Å². The quantitative estimate of drug-likeness (QED) is 0.193. The minimum absolute atomic E-state index is 0.166. The summed E-state index contributed by atoms with van der Waals surface area (Å²) < 4.78 is 9.77. The van der Waals surface area contributed by atoms with Gasteiger partial charge in [0, 0.05) is 5.92 Å². The number of ether oxygens (including phenoxy) is 2. The van der Waals surface area contributed by atoms with Gasteiger partial charge >= 0.3 is 11.9 Å². The predicted molar refractivity (Wildman–Crippen MR) is 79.6 cm³/mol. The first-order chi connectivity index (χ1) is 10.1. The van der Waals surface area contributed by atoms with Gasteiger partial charge in [-0.15, -0.1) is 0 Å². The number of esters is 2. The van der Waals surface area contributed by atoms with Crippen molar-refractivity contribution >= 4 is 18.2 Å². The molecule has 0 heterocycles. The van der Waals surface area contributed by atoms with Crippen LogP contribution in [-0.4, -0.2) is 31.4 Å². The monoisotopic (exact) mass is 298 g/mol. The molecule has 0 saturated carbocycles. The molecule has 0 amide bonds. The summed E-state index contributed by atoms with van der Waals surface area (Å²) in [5.74, 6) is -3.22. The van der Waals surface area contributed by atoms with E-state index in [-0.39, 0.29) is 13.2 Å². The number of aldehydes is 1. The maximum Gasteiger partial charge on any atom is 0.321 e. The maximum absolute atomic E-state index is 11.9. The lowest BCUT2D eigenvalue weighted by molar-refractivity contribution is -0.165. The Labute approximate surface area is 126 Å². The van der Waals surface area contributed by atoms with Crippen LogP contribution in [0.25, 0.3) is 0 Å². The topological polar surface area (TPSA) is 69.7 Å². The second-order valence-corrected chi connectivity index (χ2v) is 4.59. The van der Waals surface area contributed by atoms with Crippen molar-refractivity contribution in [2.75, 3.05) is 13.2 Å². The van der Waals surface area contributed by atoms with Crippen LogP contribution in [0.15, 0.2) is 12.2 Å². The van der Waals surface area contributed by atoms with E-state index in [0.717, 1.165) is 19.3 Å². The molecule has 0 aromatic carbocycles.